The molecular weight excluding hydrogens is 576 g/mol. The molecule has 3 aliphatic heterocycles. The van der Waals surface area contributed by atoms with Gasteiger partial charge in [-0.15, -0.1) is 0 Å². The Morgan fingerprint density at radius 1 is 1.18 bits per heavy atom. The molecule has 5 aliphatic rings. The van der Waals surface area contributed by atoms with Crippen LogP contribution in [0, 0.1) is 18.3 Å². The second-order valence-electron chi connectivity index (χ2n) is 13.2. The lowest BCUT2D eigenvalue weighted by Gasteiger charge is -2.39. The number of hydrogen-bond acceptors (Lipinski definition) is 7. The van der Waals surface area contributed by atoms with Crippen LogP contribution in [0.25, 0.3) is 27.0 Å². The number of amides is 1. The third kappa shape index (κ3) is 4.64. The van der Waals surface area contributed by atoms with Crippen molar-refractivity contribution in [1.29, 1.82) is 0 Å². The van der Waals surface area contributed by atoms with Gasteiger partial charge in [-0.2, -0.15) is 9.97 Å². The summed E-state index contributed by atoms with van der Waals surface area (Å²) in [5, 5.41) is 0.429. The standard InChI is InChI=1S/C34H35F2N7O2/c1-20(35)32(44)43-13-12-41(18-23(43)16-37-2)31-26-17-38-29(24-7-3-6-21-14-22-15-25(22)27(21)24)28(36)30(26)39-33(40-31)45-19-34-8-4-10-42(34)11-5-9-34/h3,6-7,17,22-23,25H,1,4-5,8-16,18-19H2/t22-,23+,25+/m1/s1. The molecule has 3 saturated heterocycles. The van der Waals surface area contributed by atoms with Crippen molar-refractivity contribution >= 4 is 22.6 Å². The van der Waals surface area contributed by atoms with Crippen LogP contribution < -0.4 is 9.64 Å². The van der Waals surface area contributed by atoms with Crippen LogP contribution in [-0.4, -0.2) is 88.1 Å². The molecule has 2 aliphatic carbocycles. The van der Waals surface area contributed by atoms with Gasteiger partial charge in [-0.05, 0) is 74.6 Å². The lowest BCUT2D eigenvalue weighted by atomic mass is 9.95. The van der Waals surface area contributed by atoms with Crippen molar-refractivity contribution in [1.82, 2.24) is 24.8 Å². The number of nitrogens with zero attached hydrogens (tertiary/aromatic N) is 7. The van der Waals surface area contributed by atoms with Crippen LogP contribution in [0.15, 0.2) is 36.8 Å². The van der Waals surface area contributed by atoms with E-state index in [1.54, 1.807) is 6.20 Å². The Balaban J connectivity index is 1.20. The van der Waals surface area contributed by atoms with Crippen LogP contribution in [0.5, 0.6) is 6.01 Å². The lowest BCUT2D eigenvalue weighted by Crippen LogP contribution is -2.56. The van der Waals surface area contributed by atoms with E-state index >= 15 is 4.39 Å². The molecule has 4 fully saturated rings. The molecule has 0 unspecified atom stereocenters. The second kappa shape index (κ2) is 10.7. The first kappa shape index (κ1) is 28.3. The first-order valence-corrected chi connectivity index (χ1v) is 16.0. The van der Waals surface area contributed by atoms with Gasteiger partial charge in [0.2, 0.25) is 6.54 Å². The van der Waals surface area contributed by atoms with Gasteiger partial charge < -0.3 is 19.4 Å². The number of fused-ring (bicyclic) bond motifs is 5. The summed E-state index contributed by atoms with van der Waals surface area (Å²) in [7, 11) is 0. The Morgan fingerprint density at radius 2 is 2.00 bits per heavy atom. The zero-order valence-corrected chi connectivity index (χ0v) is 25.1. The van der Waals surface area contributed by atoms with E-state index in [-0.39, 0.29) is 42.4 Å². The average Bonchev–Trinajstić information content (AvgIpc) is 3.32. The number of rotatable bonds is 7. The SMILES string of the molecule is [C-]#[N+]C[C@H]1CN(c2nc(OCC34CCCN3CCC4)nc3c(F)c(-c4cccc5c4[C@H]4C[C@H]4C5)ncc23)CCN1C(=O)C(=C)F. The van der Waals surface area contributed by atoms with Crippen LogP contribution in [-0.2, 0) is 11.2 Å². The fourth-order valence-electron chi connectivity index (χ4n) is 8.45. The molecule has 0 bridgehead atoms. The van der Waals surface area contributed by atoms with E-state index in [0.717, 1.165) is 57.2 Å². The first-order chi connectivity index (χ1) is 21.9. The summed E-state index contributed by atoms with van der Waals surface area (Å²) in [6.45, 7) is 13.8. The zero-order valence-electron chi connectivity index (χ0n) is 25.1. The van der Waals surface area contributed by atoms with Gasteiger partial charge in [-0.25, -0.2) is 15.4 Å². The molecule has 0 radical (unpaired) electrons. The molecule has 0 spiro atoms. The van der Waals surface area contributed by atoms with Gasteiger partial charge in [-0.1, -0.05) is 24.8 Å². The molecule has 3 atom stereocenters. The molecule has 3 aromatic rings. The largest absolute Gasteiger partial charge is 0.461 e. The van der Waals surface area contributed by atoms with Gasteiger partial charge in [0.15, 0.2) is 11.6 Å². The maximum absolute atomic E-state index is 16.7. The Hall–Kier alpha value is -4.17. The summed E-state index contributed by atoms with van der Waals surface area (Å²) in [5.74, 6) is -0.846. The summed E-state index contributed by atoms with van der Waals surface area (Å²) in [4.78, 5) is 35.9. The number of piperazine rings is 1. The molecule has 45 heavy (non-hydrogen) atoms. The zero-order chi connectivity index (χ0) is 30.9. The molecule has 0 N–H and O–H groups in total. The van der Waals surface area contributed by atoms with Crippen molar-refractivity contribution in [3.05, 3.63) is 65.2 Å². The first-order valence-electron chi connectivity index (χ1n) is 16.0. The number of pyridine rings is 1. The number of carbonyl (C=O) groups excluding carboxylic acids is 1. The van der Waals surface area contributed by atoms with E-state index in [1.165, 1.54) is 16.0 Å². The maximum atomic E-state index is 16.7. The van der Waals surface area contributed by atoms with Crippen molar-refractivity contribution in [2.24, 2.45) is 5.92 Å². The summed E-state index contributed by atoms with van der Waals surface area (Å²) in [6, 6.07) is 5.56. The molecule has 1 aromatic carbocycles. The van der Waals surface area contributed by atoms with Gasteiger partial charge in [-0.3, -0.25) is 14.7 Å². The van der Waals surface area contributed by atoms with Crippen molar-refractivity contribution in [3.8, 4) is 17.3 Å². The average molecular weight is 612 g/mol. The molecule has 5 heterocycles. The van der Waals surface area contributed by atoms with Gasteiger partial charge in [0, 0.05) is 31.4 Å². The minimum atomic E-state index is -1.06. The third-order valence-corrected chi connectivity index (χ3v) is 10.7. The highest BCUT2D eigenvalue weighted by Gasteiger charge is 2.47. The van der Waals surface area contributed by atoms with Crippen LogP contribution >= 0.6 is 0 Å². The summed E-state index contributed by atoms with van der Waals surface area (Å²) < 4.78 is 36.9. The summed E-state index contributed by atoms with van der Waals surface area (Å²) in [6.07, 6.45) is 8.13. The van der Waals surface area contributed by atoms with Crippen LogP contribution in [0.2, 0.25) is 0 Å². The number of anilines is 1. The van der Waals surface area contributed by atoms with Crippen LogP contribution in [0.1, 0.15) is 49.1 Å². The van der Waals surface area contributed by atoms with E-state index in [0.29, 0.717) is 36.2 Å². The lowest BCUT2D eigenvalue weighted by molar-refractivity contribution is -0.131. The predicted molar refractivity (Wildman–Crippen MR) is 165 cm³/mol. The fraction of sp³-hybridized carbons (Fsp3) is 0.500. The normalized spacial score (nSPS) is 24.7. The van der Waals surface area contributed by atoms with E-state index in [4.69, 9.17) is 16.3 Å². The molecule has 1 saturated carbocycles. The number of halogens is 2. The number of hydrogen-bond donors (Lipinski definition) is 0. The minimum absolute atomic E-state index is 0.0156. The van der Waals surface area contributed by atoms with Crippen molar-refractivity contribution < 1.29 is 18.3 Å². The number of carbonyl (C=O) groups is 1. The molecule has 11 heteroatoms. The number of benzene rings is 1. The Kier molecular flexibility index (Phi) is 6.75. The van der Waals surface area contributed by atoms with Crippen molar-refractivity contribution in [3.63, 3.8) is 0 Å². The van der Waals surface area contributed by atoms with Crippen molar-refractivity contribution in [2.45, 2.75) is 56.0 Å². The molecule has 9 nitrogen and oxygen atoms in total. The number of ether oxygens (including phenoxy) is 1. The van der Waals surface area contributed by atoms with Gasteiger partial charge in [0.1, 0.15) is 29.7 Å². The Morgan fingerprint density at radius 3 is 2.78 bits per heavy atom. The van der Waals surface area contributed by atoms with E-state index < -0.39 is 23.6 Å². The highest BCUT2D eigenvalue weighted by molar-refractivity contribution is 5.93. The predicted octanol–water partition coefficient (Wildman–Crippen LogP) is 4.92. The minimum Gasteiger partial charge on any atom is -0.461 e. The van der Waals surface area contributed by atoms with Gasteiger partial charge >= 0.3 is 6.01 Å². The molecular formula is C34H35F2N7O2. The Bertz CT molecular complexity index is 1760. The second-order valence-corrected chi connectivity index (χ2v) is 13.2. The molecule has 8 rings (SSSR count). The topological polar surface area (TPSA) is 79.1 Å². The van der Waals surface area contributed by atoms with Gasteiger partial charge in [0.05, 0.1) is 10.9 Å². The Labute approximate surface area is 260 Å². The third-order valence-electron chi connectivity index (χ3n) is 10.7. The molecule has 1 amide bonds. The monoisotopic (exact) mass is 611 g/mol. The van der Waals surface area contributed by atoms with E-state index in [1.807, 2.05) is 17.0 Å². The molecule has 2 aromatic heterocycles. The van der Waals surface area contributed by atoms with Crippen LogP contribution in [0.4, 0.5) is 14.6 Å². The van der Waals surface area contributed by atoms with Crippen LogP contribution in [0.3, 0.4) is 0 Å². The fourth-order valence-corrected chi connectivity index (χ4v) is 8.45. The van der Waals surface area contributed by atoms with Crippen molar-refractivity contribution in [2.75, 3.05) is 50.8 Å². The molecule has 232 valence electrons. The van der Waals surface area contributed by atoms with E-state index in [2.05, 4.69) is 32.4 Å². The number of aromatic nitrogens is 3. The summed E-state index contributed by atoms with van der Waals surface area (Å²) >= 11 is 0. The maximum Gasteiger partial charge on any atom is 0.319 e. The highest BCUT2D eigenvalue weighted by atomic mass is 19.1. The highest BCUT2D eigenvalue weighted by Crippen LogP contribution is 2.58. The van der Waals surface area contributed by atoms with Gasteiger partial charge in [0.25, 0.3) is 5.91 Å². The van der Waals surface area contributed by atoms with E-state index in [9.17, 15) is 9.18 Å². The quantitative estimate of drug-likeness (QED) is 0.277. The summed E-state index contributed by atoms with van der Waals surface area (Å²) in [5.41, 5.74) is 3.66. The smallest absolute Gasteiger partial charge is 0.319 e.